The molecule has 2 rings (SSSR count). The van der Waals surface area contributed by atoms with E-state index in [-0.39, 0.29) is 11.8 Å². The summed E-state index contributed by atoms with van der Waals surface area (Å²) in [6.07, 6.45) is 0.939. The number of carbonyl (C=O) groups is 2. The standard InChI is InChI=1S/C22H27ClN2O2S/c1-4-20(22(27)24-3)25(15-17-7-5-16(2)6-8-17)21(26)13-14-28-19-11-9-18(23)10-12-19/h5-12,20H,4,13-15H2,1-3H3,(H,24,27)/t20-/m0/s1. The van der Waals surface area contributed by atoms with Gasteiger partial charge in [-0.25, -0.2) is 0 Å². The van der Waals surface area contributed by atoms with Crippen LogP contribution in [-0.4, -0.2) is 35.6 Å². The van der Waals surface area contributed by atoms with Crippen molar-refractivity contribution in [2.24, 2.45) is 0 Å². The molecule has 4 nitrogen and oxygen atoms in total. The second-order valence-electron chi connectivity index (χ2n) is 6.60. The van der Waals surface area contributed by atoms with Crippen LogP contribution in [0.2, 0.25) is 5.02 Å². The molecule has 1 N–H and O–H groups in total. The zero-order chi connectivity index (χ0) is 20.5. The lowest BCUT2D eigenvalue weighted by Crippen LogP contribution is -2.48. The van der Waals surface area contributed by atoms with Crippen LogP contribution in [0.25, 0.3) is 0 Å². The Hall–Kier alpha value is -1.98. The van der Waals surface area contributed by atoms with E-state index in [0.717, 1.165) is 10.5 Å². The van der Waals surface area contributed by atoms with Crippen LogP contribution >= 0.6 is 23.4 Å². The predicted molar refractivity (Wildman–Crippen MR) is 117 cm³/mol. The summed E-state index contributed by atoms with van der Waals surface area (Å²) in [5, 5.41) is 3.38. The van der Waals surface area contributed by atoms with Gasteiger partial charge in [-0.15, -0.1) is 11.8 Å². The highest BCUT2D eigenvalue weighted by Gasteiger charge is 2.27. The van der Waals surface area contributed by atoms with Crippen molar-refractivity contribution in [2.75, 3.05) is 12.8 Å². The highest BCUT2D eigenvalue weighted by molar-refractivity contribution is 7.99. The molecule has 6 heteroatoms. The Morgan fingerprint density at radius 3 is 2.32 bits per heavy atom. The molecule has 0 radical (unpaired) electrons. The molecule has 0 saturated carbocycles. The number of rotatable bonds is 9. The van der Waals surface area contributed by atoms with Crippen LogP contribution in [0.5, 0.6) is 0 Å². The molecule has 1 atom stereocenters. The second-order valence-corrected chi connectivity index (χ2v) is 8.20. The molecule has 2 amide bonds. The summed E-state index contributed by atoms with van der Waals surface area (Å²) < 4.78 is 0. The van der Waals surface area contributed by atoms with Gasteiger partial charge in [-0.2, -0.15) is 0 Å². The van der Waals surface area contributed by atoms with Crippen molar-refractivity contribution >= 4 is 35.2 Å². The van der Waals surface area contributed by atoms with Gasteiger partial charge in [0.15, 0.2) is 0 Å². The molecule has 0 fully saturated rings. The Labute approximate surface area is 176 Å². The number of hydrogen-bond donors (Lipinski definition) is 1. The smallest absolute Gasteiger partial charge is 0.242 e. The topological polar surface area (TPSA) is 49.4 Å². The third-order valence-electron chi connectivity index (χ3n) is 4.50. The number of thioether (sulfide) groups is 1. The average molecular weight is 419 g/mol. The largest absolute Gasteiger partial charge is 0.357 e. The van der Waals surface area contributed by atoms with E-state index in [0.29, 0.717) is 30.2 Å². The van der Waals surface area contributed by atoms with E-state index in [1.165, 1.54) is 5.56 Å². The molecule has 2 aromatic rings. The average Bonchev–Trinajstić information content (AvgIpc) is 2.70. The van der Waals surface area contributed by atoms with Crippen LogP contribution in [0.15, 0.2) is 53.4 Å². The van der Waals surface area contributed by atoms with Crippen molar-refractivity contribution < 1.29 is 9.59 Å². The van der Waals surface area contributed by atoms with Gasteiger partial charge >= 0.3 is 0 Å². The lowest BCUT2D eigenvalue weighted by atomic mass is 10.1. The zero-order valence-corrected chi connectivity index (χ0v) is 18.1. The van der Waals surface area contributed by atoms with Crippen molar-refractivity contribution in [1.82, 2.24) is 10.2 Å². The predicted octanol–water partition coefficient (Wildman–Crippen LogP) is 4.68. The Balaban J connectivity index is 2.07. The van der Waals surface area contributed by atoms with Crippen molar-refractivity contribution in [3.8, 4) is 0 Å². The molecule has 0 unspecified atom stereocenters. The number of halogens is 1. The minimum Gasteiger partial charge on any atom is -0.357 e. The van der Waals surface area contributed by atoms with Crippen molar-refractivity contribution in [2.45, 2.75) is 44.2 Å². The maximum atomic E-state index is 13.0. The van der Waals surface area contributed by atoms with E-state index < -0.39 is 6.04 Å². The van der Waals surface area contributed by atoms with E-state index >= 15 is 0 Å². The minimum absolute atomic E-state index is 0.0162. The number of nitrogens with zero attached hydrogens (tertiary/aromatic N) is 1. The summed E-state index contributed by atoms with van der Waals surface area (Å²) in [7, 11) is 1.61. The summed E-state index contributed by atoms with van der Waals surface area (Å²) in [5.74, 6) is 0.500. The SMILES string of the molecule is CC[C@@H](C(=O)NC)N(Cc1ccc(C)cc1)C(=O)CCSc1ccc(Cl)cc1. The lowest BCUT2D eigenvalue weighted by Gasteiger charge is -2.30. The highest BCUT2D eigenvalue weighted by Crippen LogP contribution is 2.22. The van der Waals surface area contributed by atoms with Crippen LogP contribution in [0.3, 0.4) is 0 Å². The van der Waals surface area contributed by atoms with Gasteiger partial charge in [0.25, 0.3) is 0 Å². The van der Waals surface area contributed by atoms with Crippen molar-refractivity contribution in [3.05, 3.63) is 64.7 Å². The zero-order valence-electron chi connectivity index (χ0n) is 16.6. The highest BCUT2D eigenvalue weighted by atomic mass is 35.5. The first-order chi connectivity index (χ1) is 13.4. The van der Waals surface area contributed by atoms with Gasteiger partial charge < -0.3 is 10.2 Å². The maximum absolute atomic E-state index is 13.0. The molecule has 0 saturated heterocycles. The molecule has 0 heterocycles. The first kappa shape index (κ1) is 22.3. The quantitative estimate of drug-likeness (QED) is 0.601. The summed E-state index contributed by atoms with van der Waals surface area (Å²) >= 11 is 7.52. The van der Waals surface area contributed by atoms with Crippen LogP contribution in [0.4, 0.5) is 0 Å². The first-order valence-electron chi connectivity index (χ1n) is 9.39. The third-order valence-corrected chi connectivity index (χ3v) is 5.77. The van der Waals surface area contributed by atoms with Gasteiger partial charge in [0, 0.05) is 35.7 Å². The van der Waals surface area contributed by atoms with Gasteiger partial charge in [0.05, 0.1) is 0 Å². The summed E-state index contributed by atoms with van der Waals surface area (Å²) in [6.45, 7) is 4.38. The lowest BCUT2D eigenvalue weighted by molar-refractivity contribution is -0.140. The van der Waals surface area contributed by atoms with Crippen LogP contribution in [0.1, 0.15) is 30.9 Å². The number of hydrogen-bond acceptors (Lipinski definition) is 3. The Bertz CT molecular complexity index is 778. The molecule has 0 bridgehead atoms. The number of benzene rings is 2. The van der Waals surface area contributed by atoms with Crippen LogP contribution < -0.4 is 5.32 Å². The molecular weight excluding hydrogens is 392 g/mol. The molecule has 0 aromatic heterocycles. The van der Waals surface area contributed by atoms with E-state index in [2.05, 4.69) is 5.32 Å². The van der Waals surface area contributed by atoms with E-state index in [4.69, 9.17) is 11.6 Å². The van der Waals surface area contributed by atoms with Gasteiger partial charge in [0.2, 0.25) is 11.8 Å². The second kappa shape index (κ2) is 11.1. The summed E-state index contributed by atoms with van der Waals surface area (Å²) in [4.78, 5) is 28.1. The summed E-state index contributed by atoms with van der Waals surface area (Å²) in [6, 6.07) is 15.2. The number of amides is 2. The van der Waals surface area contributed by atoms with Gasteiger partial charge in [0.1, 0.15) is 6.04 Å². The fourth-order valence-corrected chi connectivity index (χ4v) is 3.87. The molecule has 0 aliphatic carbocycles. The van der Waals surface area contributed by atoms with Gasteiger partial charge in [-0.1, -0.05) is 48.4 Å². The van der Waals surface area contributed by atoms with Crippen LogP contribution in [0, 0.1) is 6.92 Å². The van der Waals surface area contributed by atoms with Gasteiger partial charge in [-0.05, 0) is 43.2 Å². The monoisotopic (exact) mass is 418 g/mol. The normalized spacial score (nSPS) is 11.7. The molecule has 0 aliphatic rings. The number of carbonyl (C=O) groups excluding carboxylic acids is 2. The van der Waals surface area contributed by atoms with Gasteiger partial charge in [-0.3, -0.25) is 9.59 Å². The summed E-state index contributed by atoms with van der Waals surface area (Å²) in [5.41, 5.74) is 2.19. The van der Waals surface area contributed by atoms with Crippen molar-refractivity contribution in [1.29, 1.82) is 0 Å². The maximum Gasteiger partial charge on any atom is 0.242 e. The van der Waals surface area contributed by atoms with E-state index in [1.54, 1.807) is 23.7 Å². The molecule has 0 spiro atoms. The van der Waals surface area contributed by atoms with Crippen molar-refractivity contribution in [3.63, 3.8) is 0 Å². The Morgan fingerprint density at radius 2 is 1.75 bits per heavy atom. The molecule has 150 valence electrons. The first-order valence-corrected chi connectivity index (χ1v) is 10.8. The fraction of sp³-hybridized carbons (Fsp3) is 0.364. The Kier molecular flexibility index (Phi) is 8.87. The molecular formula is C22H27ClN2O2S. The van der Waals surface area contributed by atoms with E-state index in [1.807, 2.05) is 62.4 Å². The minimum atomic E-state index is -0.473. The number of likely N-dealkylation sites (N-methyl/N-ethyl adjacent to an activating group) is 1. The number of aryl methyl sites for hydroxylation is 1. The molecule has 0 aliphatic heterocycles. The molecule has 2 aromatic carbocycles. The Morgan fingerprint density at radius 1 is 1.11 bits per heavy atom. The van der Waals surface area contributed by atoms with E-state index in [9.17, 15) is 9.59 Å². The third kappa shape index (κ3) is 6.57. The fourth-order valence-electron chi connectivity index (χ4n) is 2.91. The van der Waals surface area contributed by atoms with Crippen LogP contribution in [-0.2, 0) is 16.1 Å². The molecule has 28 heavy (non-hydrogen) atoms. The number of nitrogens with one attached hydrogen (secondary N) is 1.